The van der Waals surface area contributed by atoms with Gasteiger partial charge in [-0.1, -0.05) is 48.6 Å². The summed E-state index contributed by atoms with van der Waals surface area (Å²) in [6, 6.07) is 16.2. The molecule has 2 nitrogen and oxygen atoms in total. The highest BCUT2D eigenvalue weighted by atomic mass is 16.5. The monoisotopic (exact) mass is 263 g/mol. The van der Waals surface area contributed by atoms with Crippen LogP contribution in [0.3, 0.4) is 0 Å². The Morgan fingerprint density at radius 1 is 1.00 bits per heavy atom. The minimum absolute atomic E-state index is 0.0710. The molecule has 0 saturated heterocycles. The van der Waals surface area contributed by atoms with E-state index >= 15 is 0 Å². The Hall–Kier alpha value is -2.32. The van der Waals surface area contributed by atoms with Crippen LogP contribution in [0.25, 0.3) is 12.2 Å². The van der Waals surface area contributed by atoms with Gasteiger partial charge in [0.05, 0.1) is 13.2 Å². The van der Waals surface area contributed by atoms with E-state index in [9.17, 15) is 0 Å². The fraction of sp³-hybridized carbons (Fsp3) is 0.111. The lowest BCUT2D eigenvalue weighted by molar-refractivity contribution is 0.415. The molecule has 0 heterocycles. The Labute approximate surface area is 119 Å². The molecule has 2 heteroatoms. The zero-order chi connectivity index (χ0) is 13.9. The summed E-state index contributed by atoms with van der Waals surface area (Å²) in [6.07, 6.45) is 6.34. The second-order valence-corrected chi connectivity index (χ2v) is 4.86. The zero-order valence-electron chi connectivity index (χ0n) is 11.4. The standard InChI is InChI=1S/C18H17NO/c1-20-16-10-6-13(7-11-16)12-15-9-8-14-4-2-3-5-17(14)18(15)19/h2-12,18H,19H2,1H3. The molecule has 1 aliphatic carbocycles. The first-order chi connectivity index (χ1) is 9.78. The first-order valence-corrected chi connectivity index (χ1v) is 6.66. The number of methoxy groups -OCH3 is 1. The molecular formula is C18H17NO. The van der Waals surface area contributed by atoms with Gasteiger partial charge in [-0.3, -0.25) is 0 Å². The quantitative estimate of drug-likeness (QED) is 0.894. The number of nitrogens with two attached hydrogens (primary N) is 1. The number of hydrogen-bond donors (Lipinski definition) is 1. The van der Waals surface area contributed by atoms with Gasteiger partial charge in [0.25, 0.3) is 0 Å². The van der Waals surface area contributed by atoms with Crippen LogP contribution in [-0.4, -0.2) is 7.11 Å². The molecule has 0 aromatic heterocycles. The van der Waals surface area contributed by atoms with Gasteiger partial charge in [-0.2, -0.15) is 0 Å². The van der Waals surface area contributed by atoms with E-state index in [1.807, 2.05) is 36.4 Å². The summed E-state index contributed by atoms with van der Waals surface area (Å²) >= 11 is 0. The van der Waals surface area contributed by atoms with Crippen molar-refractivity contribution in [1.82, 2.24) is 0 Å². The molecule has 1 atom stereocenters. The number of fused-ring (bicyclic) bond motifs is 1. The summed E-state index contributed by atoms with van der Waals surface area (Å²) in [5.41, 5.74) is 11.0. The summed E-state index contributed by atoms with van der Waals surface area (Å²) in [4.78, 5) is 0. The second kappa shape index (κ2) is 5.35. The summed E-state index contributed by atoms with van der Waals surface area (Å²) in [6.45, 7) is 0. The maximum absolute atomic E-state index is 6.35. The van der Waals surface area contributed by atoms with Crippen LogP contribution in [0, 0.1) is 0 Å². The van der Waals surface area contributed by atoms with Crippen LogP contribution in [0.1, 0.15) is 22.7 Å². The van der Waals surface area contributed by atoms with Crippen LogP contribution in [-0.2, 0) is 0 Å². The predicted octanol–water partition coefficient (Wildman–Crippen LogP) is 3.81. The maximum atomic E-state index is 6.35. The minimum atomic E-state index is -0.0710. The average molecular weight is 263 g/mol. The molecule has 2 aromatic carbocycles. The van der Waals surface area contributed by atoms with Gasteiger partial charge >= 0.3 is 0 Å². The SMILES string of the molecule is COc1ccc(C=C2C=Cc3ccccc3C2N)cc1. The Kier molecular flexibility index (Phi) is 3.40. The molecule has 20 heavy (non-hydrogen) atoms. The van der Waals surface area contributed by atoms with Crippen LogP contribution in [0.5, 0.6) is 5.75 Å². The highest BCUT2D eigenvalue weighted by Gasteiger charge is 2.16. The third-order valence-electron chi connectivity index (χ3n) is 3.59. The van der Waals surface area contributed by atoms with Crippen molar-refractivity contribution in [3.8, 4) is 5.75 Å². The van der Waals surface area contributed by atoms with E-state index in [0.29, 0.717) is 0 Å². The molecule has 0 amide bonds. The number of benzene rings is 2. The van der Waals surface area contributed by atoms with Gasteiger partial charge in [0.1, 0.15) is 5.75 Å². The Bertz CT molecular complexity index is 668. The lowest BCUT2D eigenvalue weighted by Gasteiger charge is -2.20. The van der Waals surface area contributed by atoms with Crippen molar-refractivity contribution < 1.29 is 4.74 Å². The summed E-state index contributed by atoms with van der Waals surface area (Å²) in [7, 11) is 1.67. The highest BCUT2D eigenvalue weighted by Crippen LogP contribution is 2.31. The van der Waals surface area contributed by atoms with Gasteiger partial charge in [0, 0.05) is 0 Å². The summed E-state index contributed by atoms with van der Waals surface area (Å²) < 4.78 is 5.17. The number of ether oxygens (including phenoxy) is 1. The number of hydrogen-bond acceptors (Lipinski definition) is 2. The fourth-order valence-corrected chi connectivity index (χ4v) is 2.45. The molecule has 0 bridgehead atoms. The molecule has 0 saturated carbocycles. The molecule has 2 N–H and O–H groups in total. The highest BCUT2D eigenvalue weighted by molar-refractivity contribution is 5.69. The van der Waals surface area contributed by atoms with Crippen molar-refractivity contribution in [2.75, 3.05) is 7.11 Å². The molecular weight excluding hydrogens is 246 g/mol. The van der Waals surface area contributed by atoms with E-state index in [4.69, 9.17) is 10.5 Å². The molecule has 1 aliphatic rings. The number of rotatable bonds is 2. The second-order valence-electron chi connectivity index (χ2n) is 4.86. The molecule has 100 valence electrons. The molecule has 3 rings (SSSR count). The van der Waals surface area contributed by atoms with E-state index < -0.39 is 0 Å². The molecule has 2 aromatic rings. The van der Waals surface area contributed by atoms with Gasteiger partial charge in [-0.25, -0.2) is 0 Å². The lowest BCUT2D eigenvalue weighted by atomic mass is 9.88. The third-order valence-corrected chi connectivity index (χ3v) is 3.59. The van der Waals surface area contributed by atoms with Crippen molar-refractivity contribution in [3.05, 3.63) is 76.9 Å². The fourth-order valence-electron chi connectivity index (χ4n) is 2.45. The van der Waals surface area contributed by atoms with Crippen LogP contribution in [0.2, 0.25) is 0 Å². The van der Waals surface area contributed by atoms with Gasteiger partial charge in [0.15, 0.2) is 0 Å². The van der Waals surface area contributed by atoms with Gasteiger partial charge in [0.2, 0.25) is 0 Å². The van der Waals surface area contributed by atoms with E-state index in [2.05, 4.69) is 30.4 Å². The Morgan fingerprint density at radius 2 is 1.75 bits per heavy atom. The maximum Gasteiger partial charge on any atom is 0.118 e. The van der Waals surface area contributed by atoms with Crippen LogP contribution < -0.4 is 10.5 Å². The summed E-state index contributed by atoms with van der Waals surface area (Å²) in [5, 5.41) is 0. The summed E-state index contributed by atoms with van der Waals surface area (Å²) in [5.74, 6) is 0.862. The molecule has 0 spiro atoms. The predicted molar refractivity (Wildman–Crippen MR) is 83.4 cm³/mol. The minimum Gasteiger partial charge on any atom is -0.497 e. The van der Waals surface area contributed by atoms with Gasteiger partial charge < -0.3 is 10.5 Å². The third kappa shape index (κ3) is 2.38. The Balaban J connectivity index is 1.93. The molecule has 1 unspecified atom stereocenters. The van der Waals surface area contributed by atoms with Crippen molar-refractivity contribution >= 4 is 12.2 Å². The van der Waals surface area contributed by atoms with Crippen molar-refractivity contribution in [1.29, 1.82) is 0 Å². The van der Waals surface area contributed by atoms with E-state index in [0.717, 1.165) is 16.9 Å². The molecule has 0 fully saturated rings. The van der Waals surface area contributed by atoms with Gasteiger partial charge in [-0.15, -0.1) is 0 Å². The van der Waals surface area contributed by atoms with Crippen molar-refractivity contribution in [2.45, 2.75) is 6.04 Å². The van der Waals surface area contributed by atoms with E-state index in [1.165, 1.54) is 11.1 Å². The van der Waals surface area contributed by atoms with Gasteiger partial charge in [-0.05, 0) is 40.5 Å². The zero-order valence-corrected chi connectivity index (χ0v) is 11.4. The first-order valence-electron chi connectivity index (χ1n) is 6.66. The Morgan fingerprint density at radius 3 is 2.50 bits per heavy atom. The lowest BCUT2D eigenvalue weighted by Crippen LogP contribution is -2.15. The van der Waals surface area contributed by atoms with E-state index in [-0.39, 0.29) is 6.04 Å². The van der Waals surface area contributed by atoms with Crippen LogP contribution >= 0.6 is 0 Å². The van der Waals surface area contributed by atoms with Crippen LogP contribution in [0.4, 0.5) is 0 Å². The average Bonchev–Trinajstić information content (AvgIpc) is 2.51. The van der Waals surface area contributed by atoms with Crippen molar-refractivity contribution in [3.63, 3.8) is 0 Å². The molecule has 0 radical (unpaired) electrons. The topological polar surface area (TPSA) is 35.2 Å². The molecule has 0 aliphatic heterocycles. The largest absolute Gasteiger partial charge is 0.497 e. The van der Waals surface area contributed by atoms with E-state index in [1.54, 1.807) is 7.11 Å². The smallest absolute Gasteiger partial charge is 0.118 e. The van der Waals surface area contributed by atoms with Crippen molar-refractivity contribution in [2.24, 2.45) is 5.73 Å². The first kappa shape index (κ1) is 12.7. The van der Waals surface area contributed by atoms with Crippen LogP contribution in [0.15, 0.2) is 60.2 Å². The normalized spacial score (nSPS) is 18.9.